The first-order valence-electron chi connectivity index (χ1n) is 6.68. The lowest BCUT2D eigenvalue weighted by molar-refractivity contribution is 0.324. The number of benzene rings is 1. The Balaban J connectivity index is 2.47. The van der Waals surface area contributed by atoms with Crippen LogP contribution < -0.4 is 19.5 Å². The number of ether oxygens (including phenoxy) is 3. The normalized spacial score (nSPS) is 10.5. The van der Waals surface area contributed by atoms with Gasteiger partial charge in [0.15, 0.2) is 23.7 Å². The average Bonchev–Trinajstić information content (AvgIpc) is 2.99. The van der Waals surface area contributed by atoms with Gasteiger partial charge >= 0.3 is 0 Å². The van der Waals surface area contributed by atoms with Crippen molar-refractivity contribution >= 4 is 0 Å². The zero-order chi connectivity index (χ0) is 15.2. The molecule has 0 amide bonds. The van der Waals surface area contributed by atoms with Crippen LogP contribution in [-0.2, 0) is 6.54 Å². The molecule has 0 atom stereocenters. The number of nitrogens with one attached hydrogen (secondary N) is 1. The molecule has 0 aliphatic heterocycles. The number of oxazole rings is 1. The Kier molecular flexibility index (Phi) is 5.05. The molecule has 2 rings (SSSR count). The second-order valence-electron chi connectivity index (χ2n) is 4.32. The van der Waals surface area contributed by atoms with Gasteiger partial charge < -0.3 is 23.9 Å². The Morgan fingerprint density at radius 2 is 1.76 bits per heavy atom. The molecule has 1 aromatic carbocycles. The summed E-state index contributed by atoms with van der Waals surface area (Å²) in [4.78, 5) is 4.24. The summed E-state index contributed by atoms with van der Waals surface area (Å²) in [5, 5.41) is 3.23. The van der Waals surface area contributed by atoms with Crippen molar-refractivity contribution < 1.29 is 18.6 Å². The molecule has 114 valence electrons. The second kappa shape index (κ2) is 6.99. The number of methoxy groups -OCH3 is 3. The van der Waals surface area contributed by atoms with Crippen LogP contribution >= 0.6 is 0 Å². The summed E-state index contributed by atoms with van der Waals surface area (Å²) in [5.41, 5.74) is 1.67. The number of hydrogen-bond donors (Lipinski definition) is 1. The topological polar surface area (TPSA) is 65.8 Å². The van der Waals surface area contributed by atoms with Crippen LogP contribution in [0.25, 0.3) is 11.3 Å². The molecule has 0 unspecified atom stereocenters. The van der Waals surface area contributed by atoms with E-state index in [1.807, 2.05) is 19.1 Å². The molecule has 6 heteroatoms. The highest BCUT2D eigenvalue weighted by Crippen LogP contribution is 2.41. The van der Waals surface area contributed by atoms with Gasteiger partial charge in [-0.05, 0) is 18.7 Å². The molecule has 6 nitrogen and oxygen atoms in total. The van der Waals surface area contributed by atoms with E-state index in [0.29, 0.717) is 29.6 Å². The fourth-order valence-corrected chi connectivity index (χ4v) is 2.09. The lowest BCUT2D eigenvalue weighted by Crippen LogP contribution is -2.12. The molecule has 0 aliphatic carbocycles. The molecule has 0 fully saturated rings. The SMILES string of the molecule is CCNCc1ncoc1-c1cc(OC)c(OC)c(OC)c1. The Morgan fingerprint density at radius 3 is 2.29 bits per heavy atom. The van der Waals surface area contributed by atoms with Crippen LogP contribution in [0.1, 0.15) is 12.6 Å². The minimum atomic E-state index is 0.552. The van der Waals surface area contributed by atoms with Gasteiger partial charge in [0.05, 0.1) is 21.3 Å². The van der Waals surface area contributed by atoms with Crippen molar-refractivity contribution in [3.63, 3.8) is 0 Å². The van der Waals surface area contributed by atoms with Crippen molar-refractivity contribution in [3.8, 4) is 28.6 Å². The van der Waals surface area contributed by atoms with Crippen molar-refractivity contribution in [2.24, 2.45) is 0 Å². The zero-order valence-corrected chi connectivity index (χ0v) is 12.7. The molecule has 0 saturated heterocycles. The number of rotatable bonds is 7. The molecular weight excluding hydrogens is 272 g/mol. The number of hydrogen-bond acceptors (Lipinski definition) is 6. The molecule has 1 aromatic heterocycles. The molecule has 0 saturated carbocycles. The quantitative estimate of drug-likeness (QED) is 0.845. The second-order valence-corrected chi connectivity index (χ2v) is 4.32. The smallest absolute Gasteiger partial charge is 0.203 e. The van der Waals surface area contributed by atoms with E-state index in [2.05, 4.69) is 10.3 Å². The van der Waals surface area contributed by atoms with Gasteiger partial charge in [0.2, 0.25) is 5.75 Å². The van der Waals surface area contributed by atoms with E-state index in [-0.39, 0.29) is 0 Å². The van der Waals surface area contributed by atoms with Crippen molar-refractivity contribution in [2.45, 2.75) is 13.5 Å². The van der Waals surface area contributed by atoms with Crippen molar-refractivity contribution in [2.75, 3.05) is 27.9 Å². The van der Waals surface area contributed by atoms with E-state index in [0.717, 1.165) is 17.8 Å². The summed E-state index contributed by atoms with van der Waals surface area (Å²) in [7, 11) is 4.74. The van der Waals surface area contributed by atoms with Crippen molar-refractivity contribution in [1.82, 2.24) is 10.3 Å². The minimum absolute atomic E-state index is 0.552. The van der Waals surface area contributed by atoms with Crippen molar-refractivity contribution in [1.29, 1.82) is 0 Å². The molecule has 1 N–H and O–H groups in total. The highest BCUT2D eigenvalue weighted by molar-refractivity contribution is 5.69. The summed E-state index contributed by atoms with van der Waals surface area (Å²) in [6, 6.07) is 3.69. The maximum absolute atomic E-state index is 5.52. The van der Waals surface area contributed by atoms with E-state index >= 15 is 0 Å². The van der Waals surface area contributed by atoms with Crippen LogP contribution in [0.15, 0.2) is 22.9 Å². The van der Waals surface area contributed by atoms with Crippen LogP contribution in [0, 0.1) is 0 Å². The first kappa shape index (κ1) is 15.2. The van der Waals surface area contributed by atoms with Gasteiger partial charge in [-0.1, -0.05) is 6.92 Å². The monoisotopic (exact) mass is 292 g/mol. The van der Waals surface area contributed by atoms with Gasteiger partial charge in [-0.3, -0.25) is 0 Å². The Bertz CT molecular complexity index is 570. The average molecular weight is 292 g/mol. The molecule has 0 spiro atoms. The maximum atomic E-state index is 5.52. The summed E-state index contributed by atoms with van der Waals surface area (Å²) in [5.74, 6) is 2.40. The Morgan fingerprint density at radius 1 is 1.10 bits per heavy atom. The molecular formula is C15H20N2O4. The van der Waals surface area contributed by atoms with Gasteiger partial charge in [-0.25, -0.2) is 4.98 Å². The Hall–Kier alpha value is -2.21. The Labute approximate surface area is 124 Å². The molecule has 2 aromatic rings. The molecule has 0 radical (unpaired) electrons. The predicted molar refractivity (Wildman–Crippen MR) is 79.0 cm³/mol. The number of aromatic nitrogens is 1. The number of nitrogens with zero attached hydrogens (tertiary/aromatic N) is 1. The first-order chi connectivity index (χ1) is 10.2. The van der Waals surface area contributed by atoms with Crippen LogP contribution in [0.5, 0.6) is 17.2 Å². The summed E-state index contributed by atoms with van der Waals surface area (Å²) < 4.78 is 21.5. The van der Waals surface area contributed by atoms with Gasteiger partial charge in [-0.15, -0.1) is 0 Å². The van der Waals surface area contributed by atoms with Crippen LogP contribution in [0.3, 0.4) is 0 Å². The predicted octanol–water partition coefficient (Wildman–Crippen LogP) is 2.48. The van der Waals surface area contributed by atoms with Gasteiger partial charge in [0.25, 0.3) is 0 Å². The summed E-state index contributed by atoms with van der Waals surface area (Å²) in [6.07, 6.45) is 1.44. The van der Waals surface area contributed by atoms with E-state index < -0.39 is 0 Å². The third kappa shape index (κ3) is 3.11. The van der Waals surface area contributed by atoms with Crippen LogP contribution in [0.2, 0.25) is 0 Å². The molecule has 21 heavy (non-hydrogen) atoms. The van der Waals surface area contributed by atoms with E-state index in [1.54, 1.807) is 21.3 Å². The lowest BCUT2D eigenvalue weighted by Gasteiger charge is -2.13. The minimum Gasteiger partial charge on any atom is -0.493 e. The zero-order valence-electron chi connectivity index (χ0n) is 12.7. The summed E-state index contributed by atoms with van der Waals surface area (Å²) >= 11 is 0. The molecule has 0 aliphatic rings. The van der Waals surface area contributed by atoms with Gasteiger partial charge in [-0.2, -0.15) is 0 Å². The lowest BCUT2D eigenvalue weighted by atomic mass is 10.1. The van der Waals surface area contributed by atoms with Crippen LogP contribution in [-0.4, -0.2) is 32.9 Å². The largest absolute Gasteiger partial charge is 0.493 e. The van der Waals surface area contributed by atoms with E-state index in [4.69, 9.17) is 18.6 Å². The fourth-order valence-electron chi connectivity index (χ4n) is 2.09. The molecule has 0 bridgehead atoms. The highest BCUT2D eigenvalue weighted by atomic mass is 16.5. The third-order valence-corrected chi connectivity index (χ3v) is 3.11. The van der Waals surface area contributed by atoms with Gasteiger partial charge in [0.1, 0.15) is 5.69 Å². The van der Waals surface area contributed by atoms with Crippen molar-refractivity contribution in [3.05, 3.63) is 24.2 Å². The third-order valence-electron chi connectivity index (χ3n) is 3.11. The fraction of sp³-hybridized carbons (Fsp3) is 0.400. The van der Waals surface area contributed by atoms with Gasteiger partial charge in [0, 0.05) is 12.1 Å². The standard InChI is InChI=1S/C15H20N2O4/c1-5-16-8-11-14(21-9-17-11)10-6-12(18-2)15(20-4)13(7-10)19-3/h6-7,9,16H,5,8H2,1-4H3. The maximum Gasteiger partial charge on any atom is 0.203 e. The van der Waals surface area contributed by atoms with E-state index in [9.17, 15) is 0 Å². The highest BCUT2D eigenvalue weighted by Gasteiger charge is 2.18. The van der Waals surface area contributed by atoms with Crippen LogP contribution in [0.4, 0.5) is 0 Å². The van der Waals surface area contributed by atoms with E-state index in [1.165, 1.54) is 6.39 Å². The first-order valence-corrected chi connectivity index (χ1v) is 6.68. The summed E-state index contributed by atoms with van der Waals surface area (Å²) in [6.45, 7) is 3.54. The molecule has 1 heterocycles.